The number of carbonyl (C=O) groups is 3. The number of hydrogen-bond acceptors (Lipinski definition) is 11. The van der Waals surface area contributed by atoms with Gasteiger partial charge in [-0.15, -0.1) is 0 Å². The highest BCUT2D eigenvalue weighted by Crippen LogP contribution is 2.54. The number of sulfonamides is 1. The molecule has 0 aliphatic carbocycles. The number of nitrogens with two attached hydrogens (primary N) is 1. The van der Waals surface area contributed by atoms with Crippen LogP contribution < -0.4 is 20.2 Å². The molecule has 2 aliphatic heterocycles. The number of nitrogens with zero attached hydrogens (tertiary/aromatic N) is 3. The average molecular weight is 668 g/mol. The van der Waals surface area contributed by atoms with Gasteiger partial charge in [0.05, 0.1) is 26.5 Å². The van der Waals surface area contributed by atoms with Gasteiger partial charge in [-0.2, -0.15) is 0 Å². The van der Waals surface area contributed by atoms with Crippen LogP contribution in [0.4, 0.5) is 17.1 Å². The number of nitrogens with one attached hydrogen (secondary N) is 1. The predicted octanol–water partition coefficient (Wildman–Crippen LogP) is 2.61. The summed E-state index contributed by atoms with van der Waals surface area (Å²) in [6.45, 7) is -0.442. The molecule has 0 bridgehead atoms. The summed E-state index contributed by atoms with van der Waals surface area (Å²) in [6, 6.07) is 16.2. The van der Waals surface area contributed by atoms with Gasteiger partial charge < -0.3 is 10.4 Å². The first-order chi connectivity index (χ1) is 21.3. The van der Waals surface area contributed by atoms with E-state index < -0.39 is 61.2 Å². The normalized spacial score (nSPS) is 19.2. The summed E-state index contributed by atoms with van der Waals surface area (Å²) < 4.78 is 24.3. The number of anilines is 2. The van der Waals surface area contributed by atoms with Crippen LogP contribution in [0, 0.1) is 16.0 Å². The molecule has 0 saturated carbocycles. The van der Waals surface area contributed by atoms with E-state index in [1.165, 1.54) is 65.2 Å². The van der Waals surface area contributed by atoms with Gasteiger partial charge in [0, 0.05) is 28.6 Å². The van der Waals surface area contributed by atoms with Crippen molar-refractivity contribution in [2.45, 2.75) is 27.6 Å². The van der Waals surface area contributed by atoms with Crippen molar-refractivity contribution in [2.75, 3.05) is 10.2 Å². The number of carbonyl (C=O) groups excluding carboxylic acids is 3. The highest BCUT2D eigenvalue weighted by molar-refractivity contribution is 8.00. The van der Waals surface area contributed by atoms with E-state index in [2.05, 4.69) is 5.32 Å². The number of fused-ring (bicyclic) bond motifs is 2. The minimum atomic E-state index is -3.93. The largest absolute Gasteiger partial charge is 0.508 e. The first-order valence-electron chi connectivity index (χ1n) is 13.1. The molecule has 0 spiro atoms. The van der Waals surface area contributed by atoms with Crippen LogP contribution in [0.1, 0.15) is 16.4 Å². The number of phenols is 1. The molecule has 17 heteroatoms. The van der Waals surface area contributed by atoms with Crippen LogP contribution in [0.5, 0.6) is 5.75 Å². The molecule has 0 unspecified atom stereocenters. The van der Waals surface area contributed by atoms with E-state index in [0.717, 1.165) is 28.0 Å². The van der Waals surface area contributed by atoms with E-state index in [0.29, 0.717) is 15.5 Å². The molecule has 2 aliphatic rings. The number of thioether (sulfide) groups is 1. The molecule has 4 N–H and O–H groups in total. The van der Waals surface area contributed by atoms with E-state index in [1.807, 2.05) is 0 Å². The number of aromatic hydroxyl groups is 1. The molecule has 14 nitrogen and oxygen atoms in total. The summed E-state index contributed by atoms with van der Waals surface area (Å²) in [7, 11) is -3.93. The zero-order valence-corrected chi connectivity index (χ0v) is 25.2. The van der Waals surface area contributed by atoms with Crippen LogP contribution in [0.15, 0.2) is 87.5 Å². The lowest BCUT2D eigenvalue weighted by Gasteiger charge is -2.30. The Morgan fingerprint density at radius 2 is 1.62 bits per heavy atom. The summed E-state index contributed by atoms with van der Waals surface area (Å²) >= 11 is 1.83. The van der Waals surface area contributed by atoms with Crippen molar-refractivity contribution < 1.29 is 32.8 Å². The molecule has 3 heterocycles. The Hall–Kier alpha value is -4.84. The van der Waals surface area contributed by atoms with E-state index in [1.54, 1.807) is 12.1 Å². The minimum absolute atomic E-state index is 0.0263. The zero-order chi connectivity index (χ0) is 32.2. The number of phenolic OH excluding ortho intramolecular Hbond substituents is 1. The molecule has 4 aromatic rings. The lowest BCUT2D eigenvalue weighted by atomic mass is 9.83. The lowest BCUT2D eigenvalue weighted by Crippen LogP contribution is -2.33. The summed E-state index contributed by atoms with van der Waals surface area (Å²) in [5, 5.41) is 28.1. The van der Waals surface area contributed by atoms with E-state index >= 15 is 0 Å². The van der Waals surface area contributed by atoms with Crippen LogP contribution in [0.2, 0.25) is 0 Å². The average Bonchev–Trinajstić information content (AvgIpc) is 3.43. The highest BCUT2D eigenvalue weighted by Gasteiger charge is 2.56. The van der Waals surface area contributed by atoms with E-state index in [9.17, 15) is 42.8 Å². The molecule has 0 radical (unpaired) electrons. The maximum Gasteiger partial charge on any atom is 0.308 e. The number of imide groups is 1. The fourth-order valence-electron chi connectivity index (χ4n) is 5.35. The Morgan fingerprint density at radius 3 is 2.22 bits per heavy atom. The second-order valence-electron chi connectivity index (χ2n) is 10.2. The first-order valence-corrected chi connectivity index (χ1v) is 16.3. The van der Waals surface area contributed by atoms with Crippen molar-refractivity contribution >= 4 is 67.9 Å². The molecule has 45 heavy (non-hydrogen) atoms. The third-order valence-corrected chi connectivity index (χ3v) is 10.9. The maximum absolute atomic E-state index is 13.9. The van der Waals surface area contributed by atoms with Gasteiger partial charge in [0.25, 0.3) is 5.69 Å². The topological polar surface area (TPSA) is 212 Å². The highest BCUT2D eigenvalue weighted by atomic mass is 32.2. The van der Waals surface area contributed by atoms with E-state index in [4.69, 9.17) is 5.14 Å². The van der Waals surface area contributed by atoms with Gasteiger partial charge in [0.1, 0.15) is 17.5 Å². The van der Waals surface area contributed by atoms with Crippen LogP contribution >= 0.6 is 23.1 Å². The van der Waals surface area contributed by atoms with Crippen molar-refractivity contribution in [2.24, 2.45) is 11.1 Å². The first kappa shape index (κ1) is 30.2. The van der Waals surface area contributed by atoms with Crippen LogP contribution in [-0.2, 0) is 31.0 Å². The number of hydrogen-bond donors (Lipinski definition) is 3. The number of nitro groups is 1. The molecule has 230 valence electrons. The third-order valence-electron chi connectivity index (χ3n) is 7.39. The predicted molar refractivity (Wildman–Crippen MR) is 164 cm³/mol. The monoisotopic (exact) mass is 667 g/mol. The molecule has 6 rings (SSSR count). The standard InChI is InChI=1S/C28H21N5O9S3/c29-45(41,42)19-11-3-15(4-12-19)30-20(35)13-31-27-24(44-28(31)38)21(14-1-9-18(34)10-2-14)22-23(43-27)26(37)32(25(22)36)16-5-7-17(8-6-16)33(39)40/h1-12,21-23,34H,13H2,(H,30,35)(H2,29,41,42)/t21-,22+,23-/m0/s1. The number of aromatic nitrogens is 1. The number of thiazole rings is 1. The molecular weight excluding hydrogens is 647 g/mol. The van der Waals surface area contributed by atoms with Crippen molar-refractivity contribution in [1.29, 1.82) is 0 Å². The second-order valence-corrected chi connectivity index (χ2v) is 13.8. The number of non-ortho nitro benzene ring substituents is 1. The summed E-state index contributed by atoms with van der Waals surface area (Å²) in [5.74, 6) is -3.49. The number of primary sulfonamides is 1. The van der Waals surface area contributed by atoms with Crippen molar-refractivity contribution in [3.05, 3.63) is 103 Å². The fourth-order valence-corrected chi connectivity index (χ4v) is 8.63. The van der Waals surface area contributed by atoms with Gasteiger partial charge in [-0.1, -0.05) is 35.2 Å². The third kappa shape index (κ3) is 5.50. The van der Waals surface area contributed by atoms with E-state index in [-0.39, 0.29) is 27.7 Å². The molecule has 1 fully saturated rings. The molecule has 3 aromatic carbocycles. The van der Waals surface area contributed by atoms with Crippen LogP contribution in [0.3, 0.4) is 0 Å². The smallest absolute Gasteiger partial charge is 0.308 e. The summed E-state index contributed by atoms with van der Waals surface area (Å²) in [5.41, 5.74) is 0.762. The molecule has 1 saturated heterocycles. The van der Waals surface area contributed by atoms with Gasteiger partial charge in [-0.3, -0.25) is 33.9 Å². The van der Waals surface area contributed by atoms with Crippen LogP contribution in [0.25, 0.3) is 0 Å². The Labute approximate surface area is 262 Å². The number of nitro benzene ring substituents is 1. The van der Waals surface area contributed by atoms with Crippen molar-refractivity contribution in [3.63, 3.8) is 0 Å². The van der Waals surface area contributed by atoms with Crippen molar-refractivity contribution in [1.82, 2.24) is 4.57 Å². The molecule has 3 atom stereocenters. The molecule has 3 amide bonds. The van der Waals surface area contributed by atoms with Gasteiger partial charge in [0.15, 0.2) is 0 Å². The lowest BCUT2D eigenvalue weighted by molar-refractivity contribution is -0.384. The SMILES string of the molecule is NS(=O)(=O)c1ccc(NC(=O)Cn2c3c(sc2=O)[C@@H](c2ccc(O)cc2)[C@H]2C(=O)N(c4ccc([N+](=O)[O-])cc4)C(=O)[C@H]2S3)cc1. The fraction of sp³-hybridized carbons (Fsp3) is 0.143. The molecular formula is C28H21N5O9S3. The zero-order valence-electron chi connectivity index (χ0n) is 22.7. The summed E-state index contributed by atoms with van der Waals surface area (Å²) in [4.78, 5) is 65.3. The van der Waals surface area contributed by atoms with Gasteiger partial charge >= 0.3 is 4.87 Å². The van der Waals surface area contributed by atoms with Gasteiger partial charge in [-0.25, -0.2) is 18.5 Å². The second kappa shape index (κ2) is 11.3. The number of benzene rings is 3. The minimum Gasteiger partial charge on any atom is -0.508 e. The summed E-state index contributed by atoms with van der Waals surface area (Å²) in [6.07, 6.45) is 0. The van der Waals surface area contributed by atoms with Gasteiger partial charge in [-0.05, 0) is 54.1 Å². The molecule has 1 aromatic heterocycles. The number of rotatable bonds is 7. The Bertz CT molecular complexity index is 2040. The Kier molecular flexibility index (Phi) is 7.56. The van der Waals surface area contributed by atoms with Gasteiger partial charge in [0.2, 0.25) is 27.7 Å². The van der Waals surface area contributed by atoms with Crippen LogP contribution in [-0.4, -0.2) is 46.0 Å². The Balaban J connectivity index is 1.36. The Morgan fingerprint density at radius 1 is 0.978 bits per heavy atom. The maximum atomic E-state index is 13.9. The number of amides is 3. The quantitative estimate of drug-likeness (QED) is 0.149. The van der Waals surface area contributed by atoms with Crippen molar-refractivity contribution in [3.8, 4) is 5.75 Å².